The van der Waals surface area contributed by atoms with Crippen molar-refractivity contribution in [3.8, 4) is 0 Å². The molecular formula is C10H14N4O. The predicted octanol–water partition coefficient (Wildman–Crippen LogP) is -0.0215. The molecule has 15 heavy (non-hydrogen) atoms. The molecule has 1 atom stereocenters. The number of hydrogen-bond donors (Lipinski definition) is 2. The molecule has 1 aromatic heterocycles. The molecule has 1 saturated carbocycles. The minimum atomic E-state index is -0.221. The van der Waals surface area contributed by atoms with E-state index in [0.29, 0.717) is 12.6 Å². The summed E-state index contributed by atoms with van der Waals surface area (Å²) in [5, 5.41) is 6.09. The number of aromatic nitrogens is 2. The van der Waals surface area contributed by atoms with E-state index < -0.39 is 0 Å². The van der Waals surface area contributed by atoms with Gasteiger partial charge in [-0.05, 0) is 12.8 Å². The van der Waals surface area contributed by atoms with Crippen molar-refractivity contribution in [2.45, 2.75) is 24.9 Å². The summed E-state index contributed by atoms with van der Waals surface area (Å²) in [7, 11) is 0. The highest BCUT2D eigenvalue weighted by molar-refractivity contribution is 5.83. The third-order valence-corrected chi connectivity index (χ3v) is 2.97. The standard InChI is InChI=1S/C10H14N4O/c15-10-9(12-3-4-13-10)8-5-11-6-14(8)7-1-2-7/h5-7,9,12H,1-4H2,(H,13,15). The van der Waals surface area contributed by atoms with Crippen LogP contribution in [0.1, 0.15) is 30.6 Å². The molecule has 1 unspecified atom stereocenters. The Morgan fingerprint density at radius 1 is 1.40 bits per heavy atom. The first-order valence-corrected chi connectivity index (χ1v) is 5.39. The van der Waals surface area contributed by atoms with Crippen LogP contribution in [0.3, 0.4) is 0 Å². The van der Waals surface area contributed by atoms with Gasteiger partial charge >= 0.3 is 0 Å². The van der Waals surface area contributed by atoms with Gasteiger partial charge in [0.05, 0.1) is 18.2 Å². The lowest BCUT2D eigenvalue weighted by atomic mass is 10.1. The molecule has 0 radical (unpaired) electrons. The minimum absolute atomic E-state index is 0.0589. The van der Waals surface area contributed by atoms with E-state index in [4.69, 9.17) is 0 Å². The third kappa shape index (κ3) is 1.52. The monoisotopic (exact) mass is 206 g/mol. The summed E-state index contributed by atoms with van der Waals surface area (Å²) in [6, 6.07) is 0.348. The average Bonchev–Trinajstić information content (AvgIpc) is 2.98. The van der Waals surface area contributed by atoms with E-state index in [1.807, 2.05) is 6.33 Å². The summed E-state index contributed by atoms with van der Waals surface area (Å²) in [6.07, 6.45) is 6.03. The lowest BCUT2D eigenvalue weighted by Gasteiger charge is -2.24. The zero-order chi connectivity index (χ0) is 10.3. The van der Waals surface area contributed by atoms with Crippen molar-refractivity contribution >= 4 is 5.91 Å². The van der Waals surface area contributed by atoms with E-state index in [9.17, 15) is 4.79 Å². The van der Waals surface area contributed by atoms with Gasteiger partial charge in [-0.25, -0.2) is 4.98 Å². The Bertz CT molecular complexity index is 383. The molecule has 2 fully saturated rings. The molecule has 2 heterocycles. The highest BCUT2D eigenvalue weighted by Gasteiger charge is 2.31. The zero-order valence-electron chi connectivity index (χ0n) is 8.44. The van der Waals surface area contributed by atoms with Crippen LogP contribution in [0.4, 0.5) is 0 Å². The first-order chi connectivity index (χ1) is 7.36. The zero-order valence-corrected chi connectivity index (χ0v) is 8.44. The summed E-state index contributed by atoms with van der Waals surface area (Å²) >= 11 is 0. The molecule has 2 aliphatic rings. The third-order valence-electron chi connectivity index (χ3n) is 2.97. The second-order valence-electron chi connectivity index (χ2n) is 4.14. The fourth-order valence-electron chi connectivity index (χ4n) is 2.03. The first-order valence-electron chi connectivity index (χ1n) is 5.39. The van der Waals surface area contributed by atoms with Crippen LogP contribution < -0.4 is 10.6 Å². The maximum absolute atomic E-state index is 11.7. The molecule has 5 heteroatoms. The van der Waals surface area contributed by atoms with Gasteiger partial charge in [0.1, 0.15) is 6.04 Å². The molecule has 5 nitrogen and oxygen atoms in total. The largest absolute Gasteiger partial charge is 0.353 e. The summed E-state index contributed by atoms with van der Waals surface area (Å²) in [5.41, 5.74) is 0.995. The molecule has 0 bridgehead atoms. The fourth-order valence-corrected chi connectivity index (χ4v) is 2.03. The van der Waals surface area contributed by atoms with Crippen molar-refractivity contribution in [1.29, 1.82) is 0 Å². The van der Waals surface area contributed by atoms with Crippen LogP contribution >= 0.6 is 0 Å². The highest BCUT2D eigenvalue weighted by atomic mass is 16.2. The van der Waals surface area contributed by atoms with E-state index in [1.54, 1.807) is 6.20 Å². The van der Waals surface area contributed by atoms with Crippen LogP contribution in [-0.2, 0) is 4.79 Å². The number of hydrogen-bond acceptors (Lipinski definition) is 3. The molecule has 0 aromatic carbocycles. The molecule has 1 amide bonds. The van der Waals surface area contributed by atoms with Gasteiger partial charge in [0.25, 0.3) is 0 Å². The Morgan fingerprint density at radius 2 is 2.27 bits per heavy atom. The molecule has 1 aliphatic carbocycles. The Morgan fingerprint density at radius 3 is 3.00 bits per heavy atom. The van der Waals surface area contributed by atoms with Gasteiger partial charge in [-0.2, -0.15) is 0 Å². The van der Waals surface area contributed by atoms with Gasteiger partial charge < -0.3 is 9.88 Å². The Hall–Kier alpha value is -1.36. The summed E-state index contributed by atoms with van der Waals surface area (Å²) in [5.74, 6) is 0.0589. The highest BCUT2D eigenvalue weighted by Crippen LogP contribution is 2.36. The topological polar surface area (TPSA) is 59.0 Å². The molecule has 2 N–H and O–H groups in total. The minimum Gasteiger partial charge on any atom is -0.353 e. The second-order valence-corrected chi connectivity index (χ2v) is 4.14. The number of nitrogens with zero attached hydrogens (tertiary/aromatic N) is 2. The maximum Gasteiger partial charge on any atom is 0.243 e. The van der Waals surface area contributed by atoms with Crippen LogP contribution in [0.2, 0.25) is 0 Å². The number of piperazine rings is 1. The molecule has 0 spiro atoms. The molecule has 80 valence electrons. The van der Waals surface area contributed by atoms with Crippen LogP contribution in [0.5, 0.6) is 0 Å². The van der Waals surface area contributed by atoms with E-state index in [0.717, 1.165) is 12.2 Å². The normalized spacial score (nSPS) is 26.4. The summed E-state index contributed by atoms with van der Waals surface area (Å²) in [4.78, 5) is 15.8. The van der Waals surface area contributed by atoms with Gasteiger partial charge in [0.2, 0.25) is 5.91 Å². The van der Waals surface area contributed by atoms with Gasteiger partial charge in [0, 0.05) is 19.1 Å². The van der Waals surface area contributed by atoms with Crippen molar-refractivity contribution in [2.75, 3.05) is 13.1 Å². The second kappa shape index (κ2) is 3.34. The number of imidazole rings is 1. The molecule has 3 rings (SSSR count). The van der Waals surface area contributed by atoms with E-state index in [2.05, 4.69) is 20.2 Å². The van der Waals surface area contributed by atoms with E-state index in [1.165, 1.54) is 12.8 Å². The van der Waals surface area contributed by atoms with E-state index in [-0.39, 0.29) is 11.9 Å². The maximum atomic E-state index is 11.7. The average molecular weight is 206 g/mol. The molecule has 1 saturated heterocycles. The molecule has 1 aromatic rings. The van der Waals surface area contributed by atoms with Crippen LogP contribution in [0.25, 0.3) is 0 Å². The van der Waals surface area contributed by atoms with Crippen molar-refractivity contribution in [3.63, 3.8) is 0 Å². The van der Waals surface area contributed by atoms with Crippen molar-refractivity contribution in [3.05, 3.63) is 18.2 Å². The number of carbonyl (C=O) groups excluding carboxylic acids is 1. The number of nitrogens with one attached hydrogen (secondary N) is 2. The number of carbonyl (C=O) groups is 1. The lowest BCUT2D eigenvalue weighted by Crippen LogP contribution is -2.47. The van der Waals surface area contributed by atoms with Gasteiger partial charge in [0.15, 0.2) is 0 Å². The Labute approximate surface area is 87.9 Å². The number of amides is 1. The van der Waals surface area contributed by atoms with Crippen LogP contribution in [0.15, 0.2) is 12.5 Å². The molecule has 1 aliphatic heterocycles. The molecular weight excluding hydrogens is 192 g/mol. The summed E-state index contributed by atoms with van der Waals surface area (Å²) < 4.78 is 2.13. The van der Waals surface area contributed by atoms with Crippen molar-refractivity contribution < 1.29 is 4.79 Å². The first kappa shape index (κ1) is 8.91. The van der Waals surface area contributed by atoms with Gasteiger partial charge in [-0.15, -0.1) is 0 Å². The van der Waals surface area contributed by atoms with Gasteiger partial charge in [-0.1, -0.05) is 0 Å². The quantitative estimate of drug-likeness (QED) is 0.715. The van der Waals surface area contributed by atoms with Crippen LogP contribution in [0, 0.1) is 0 Å². The lowest BCUT2D eigenvalue weighted by molar-refractivity contribution is -0.124. The van der Waals surface area contributed by atoms with E-state index >= 15 is 0 Å². The SMILES string of the molecule is O=C1NCCNC1c1cncn1C1CC1. The summed E-state index contributed by atoms with van der Waals surface area (Å²) in [6.45, 7) is 1.54. The van der Waals surface area contributed by atoms with Gasteiger partial charge in [-0.3, -0.25) is 10.1 Å². The van der Waals surface area contributed by atoms with Crippen molar-refractivity contribution in [2.24, 2.45) is 0 Å². The fraction of sp³-hybridized carbons (Fsp3) is 0.600. The van der Waals surface area contributed by atoms with Crippen molar-refractivity contribution in [1.82, 2.24) is 20.2 Å². The predicted molar refractivity (Wildman–Crippen MR) is 54.3 cm³/mol. The Kier molecular flexibility index (Phi) is 1.98. The smallest absolute Gasteiger partial charge is 0.243 e. The Balaban J connectivity index is 1.89. The number of rotatable bonds is 2. The van der Waals surface area contributed by atoms with Crippen LogP contribution in [-0.4, -0.2) is 28.5 Å².